The maximum absolute atomic E-state index is 5.22. The van der Waals surface area contributed by atoms with Crippen LogP contribution in [0.25, 0.3) is 0 Å². The van der Waals surface area contributed by atoms with Gasteiger partial charge in [0.05, 0.1) is 6.21 Å². The molecule has 3 N–H and O–H groups in total. The molecular weight excluding hydrogens is 244 g/mol. The number of anilines is 1. The number of rotatable bonds is 3. The van der Waals surface area contributed by atoms with Gasteiger partial charge in [-0.2, -0.15) is 5.10 Å². The Bertz CT molecular complexity index is 362. The summed E-state index contributed by atoms with van der Waals surface area (Å²) < 4.78 is 0. The molecule has 0 saturated carbocycles. The van der Waals surface area contributed by atoms with E-state index in [1.807, 2.05) is 43.3 Å². The lowest BCUT2D eigenvalue weighted by atomic mass is 10.2. The second-order valence-corrected chi connectivity index (χ2v) is 3.66. The van der Waals surface area contributed by atoms with Crippen molar-refractivity contribution in [1.29, 1.82) is 0 Å². The minimum atomic E-state index is 0. The first-order valence-corrected chi connectivity index (χ1v) is 4.86. The predicted molar refractivity (Wildman–Crippen MR) is 75.5 cm³/mol. The molecule has 0 atom stereocenters. The molecule has 0 saturated heterocycles. The number of thiocarbonyl (C=S) groups is 1. The molecule has 88 valence electrons. The van der Waals surface area contributed by atoms with E-state index >= 15 is 0 Å². The molecule has 0 unspecified atom stereocenters. The number of nitrogens with two attached hydrogens (primary N) is 1. The predicted octanol–water partition coefficient (Wildman–Crippen LogP) is 1.34. The first-order chi connectivity index (χ1) is 7.09. The van der Waals surface area contributed by atoms with Crippen molar-refractivity contribution in [3.8, 4) is 0 Å². The van der Waals surface area contributed by atoms with Gasteiger partial charge in [0.2, 0.25) is 0 Å². The Balaban J connectivity index is 0.00000225. The topological polar surface area (TPSA) is 53.6 Å². The third-order valence-corrected chi connectivity index (χ3v) is 1.89. The van der Waals surface area contributed by atoms with E-state index in [1.54, 1.807) is 6.21 Å². The van der Waals surface area contributed by atoms with Crippen LogP contribution in [0.5, 0.6) is 0 Å². The van der Waals surface area contributed by atoms with Crippen molar-refractivity contribution in [3.63, 3.8) is 0 Å². The molecule has 0 heterocycles. The highest BCUT2D eigenvalue weighted by molar-refractivity contribution is 7.80. The van der Waals surface area contributed by atoms with Crippen LogP contribution in [0.3, 0.4) is 0 Å². The van der Waals surface area contributed by atoms with Crippen molar-refractivity contribution in [2.24, 2.45) is 10.8 Å². The van der Waals surface area contributed by atoms with Crippen LogP contribution in [0, 0.1) is 0 Å². The van der Waals surface area contributed by atoms with Gasteiger partial charge in [-0.15, -0.1) is 12.4 Å². The minimum absolute atomic E-state index is 0. The van der Waals surface area contributed by atoms with Crippen LogP contribution in [-0.4, -0.2) is 25.4 Å². The summed E-state index contributed by atoms with van der Waals surface area (Å²) in [5.74, 6) is 0. The molecule has 0 aromatic heterocycles. The van der Waals surface area contributed by atoms with Crippen LogP contribution in [0.4, 0.5) is 5.69 Å². The molecule has 0 spiro atoms. The number of hydrogen-bond acceptors (Lipinski definition) is 3. The first-order valence-electron chi connectivity index (χ1n) is 4.45. The summed E-state index contributed by atoms with van der Waals surface area (Å²) >= 11 is 4.61. The fourth-order valence-electron chi connectivity index (χ4n) is 1.03. The standard InChI is InChI=1S/C10H14N4S.ClH/c1-14(2)9-5-3-8(4-6-9)7-12-13-10(11)15;/h3-7H,1-2H3,(H3,11,13,15);1H. The van der Waals surface area contributed by atoms with Gasteiger partial charge in [-0.3, -0.25) is 5.43 Å². The Kier molecular flexibility index (Phi) is 6.44. The second-order valence-electron chi connectivity index (χ2n) is 3.22. The van der Waals surface area contributed by atoms with Gasteiger partial charge in [-0.05, 0) is 29.9 Å². The van der Waals surface area contributed by atoms with Crippen molar-refractivity contribution in [2.45, 2.75) is 0 Å². The summed E-state index contributed by atoms with van der Waals surface area (Å²) in [5, 5.41) is 4.02. The SMILES string of the molecule is CN(C)c1ccc(C=NNC(N)=S)cc1.Cl. The Morgan fingerprint density at radius 1 is 1.38 bits per heavy atom. The fourth-order valence-corrected chi connectivity index (χ4v) is 1.08. The number of benzene rings is 1. The highest BCUT2D eigenvalue weighted by Crippen LogP contribution is 2.10. The second kappa shape index (κ2) is 7.03. The van der Waals surface area contributed by atoms with Crippen LogP contribution in [0.15, 0.2) is 29.4 Å². The summed E-state index contributed by atoms with van der Waals surface area (Å²) in [6.45, 7) is 0. The van der Waals surface area contributed by atoms with Gasteiger partial charge >= 0.3 is 0 Å². The van der Waals surface area contributed by atoms with E-state index < -0.39 is 0 Å². The summed E-state index contributed by atoms with van der Waals surface area (Å²) in [6, 6.07) is 7.98. The first kappa shape index (κ1) is 14.7. The molecule has 16 heavy (non-hydrogen) atoms. The van der Waals surface area contributed by atoms with E-state index in [9.17, 15) is 0 Å². The zero-order chi connectivity index (χ0) is 11.3. The van der Waals surface area contributed by atoms with Crippen LogP contribution in [0.2, 0.25) is 0 Å². The van der Waals surface area contributed by atoms with Crippen molar-refractivity contribution in [3.05, 3.63) is 29.8 Å². The fraction of sp³-hybridized carbons (Fsp3) is 0.200. The maximum atomic E-state index is 5.22. The van der Waals surface area contributed by atoms with Gasteiger partial charge < -0.3 is 10.6 Å². The van der Waals surface area contributed by atoms with E-state index in [-0.39, 0.29) is 17.5 Å². The van der Waals surface area contributed by atoms with E-state index in [2.05, 4.69) is 22.7 Å². The lowest BCUT2D eigenvalue weighted by molar-refractivity contribution is 1.04. The molecule has 0 aliphatic rings. The average Bonchev–Trinajstić information content (AvgIpc) is 2.18. The summed E-state index contributed by atoms with van der Waals surface area (Å²) in [4.78, 5) is 2.04. The van der Waals surface area contributed by atoms with Gasteiger partial charge in [0.1, 0.15) is 0 Å². The van der Waals surface area contributed by atoms with Gasteiger partial charge in [0, 0.05) is 19.8 Å². The largest absolute Gasteiger partial charge is 0.378 e. The van der Waals surface area contributed by atoms with E-state index in [0.29, 0.717) is 0 Å². The molecule has 0 aliphatic heterocycles. The third-order valence-electron chi connectivity index (χ3n) is 1.80. The minimum Gasteiger partial charge on any atom is -0.378 e. The Labute approximate surface area is 107 Å². The Morgan fingerprint density at radius 3 is 2.38 bits per heavy atom. The van der Waals surface area contributed by atoms with Crippen molar-refractivity contribution in [2.75, 3.05) is 19.0 Å². The molecule has 0 amide bonds. The number of hydrogen-bond donors (Lipinski definition) is 2. The van der Waals surface area contributed by atoms with Crippen molar-refractivity contribution < 1.29 is 0 Å². The summed E-state index contributed by atoms with van der Waals surface area (Å²) in [5.41, 5.74) is 9.86. The lowest BCUT2D eigenvalue weighted by Gasteiger charge is -2.11. The quantitative estimate of drug-likeness (QED) is 0.488. The molecule has 1 aromatic carbocycles. The summed E-state index contributed by atoms with van der Waals surface area (Å²) in [7, 11) is 4.00. The van der Waals surface area contributed by atoms with Gasteiger partial charge in [0.25, 0.3) is 0 Å². The normalized spacial score (nSPS) is 9.62. The molecular formula is C10H15ClN4S. The van der Waals surface area contributed by atoms with E-state index in [4.69, 9.17) is 5.73 Å². The number of nitrogens with one attached hydrogen (secondary N) is 1. The van der Waals surface area contributed by atoms with Crippen molar-refractivity contribution >= 4 is 41.6 Å². The van der Waals surface area contributed by atoms with Crippen LogP contribution >= 0.6 is 24.6 Å². The zero-order valence-corrected chi connectivity index (χ0v) is 10.8. The highest BCUT2D eigenvalue weighted by Gasteiger charge is 1.93. The van der Waals surface area contributed by atoms with Crippen molar-refractivity contribution in [1.82, 2.24) is 5.43 Å². The number of nitrogens with zero attached hydrogens (tertiary/aromatic N) is 2. The third kappa shape index (κ3) is 4.95. The smallest absolute Gasteiger partial charge is 0.184 e. The monoisotopic (exact) mass is 258 g/mol. The molecule has 1 rings (SSSR count). The number of hydrazone groups is 1. The molecule has 1 aromatic rings. The van der Waals surface area contributed by atoms with E-state index in [1.165, 1.54) is 0 Å². The molecule has 0 radical (unpaired) electrons. The molecule has 6 heteroatoms. The molecule has 0 bridgehead atoms. The van der Waals surface area contributed by atoms with Crippen LogP contribution in [0.1, 0.15) is 5.56 Å². The highest BCUT2D eigenvalue weighted by atomic mass is 35.5. The summed E-state index contributed by atoms with van der Waals surface area (Å²) in [6.07, 6.45) is 1.67. The molecule has 4 nitrogen and oxygen atoms in total. The average molecular weight is 259 g/mol. The van der Waals surface area contributed by atoms with Gasteiger partial charge in [-0.25, -0.2) is 0 Å². The Morgan fingerprint density at radius 2 is 1.94 bits per heavy atom. The number of halogens is 1. The Hall–Kier alpha value is -1.33. The molecule has 0 fully saturated rings. The lowest BCUT2D eigenvalue weighted by Crippen LogP contribution is -2.23. The van der Waals surface area contributed by atoms with Gasteiger partial charge in [-0.1, -0.05) is 12.1 Å². The zero-order valence-electron chi connectivity index (χ0n) is 9.18. The maximum Gasteiger partial charge on any atom is 0.184 e. The van der Waals surface area contributed by atoms with Crippen LogP contribution in [-0.2, 0) is 0 Å². The van der Waals surface area contributed by atoms with E-state index in [0.717, 1.165) is 11.3 Å². The molecule has 0 aliphatic carbocycles. The van der Waals surface area contributed by atoms with Crippen LogP contribution < -0.4 is 16.1 Å². The van der Waals surface area contributed by atoms with Gasteiger partial charge in [0.15, 0.2) is 5.11 Å².